The first-order chi connectivity index (χ1) is 8.20. The van der Waals surface area contributed by atoms with E-state index in [0.29, 0.717) is 0 Å². The fourth-order valence-electron chi connectivity index (χ4n) is 1.93. The molecular formula is C13H27ClN2OS. The highest BCUT2D eigenvalue weighted by molar-refractivity contribution is 7.99. The molecule has 1 unspecified atom stereocenters. The van der Waals surface area contributed by atoms with Crippen LogP contribution in [-0.4, -0.2) is 30.1 Å². The second kappa shape index (κ2) is 10.9. The quantitative estimate of drug-likeness (QED) is 0.677. The molecule has 1 heterocycles. The van der Waals surface area contributed by atoms with Crippen molar-refractivity contribution in [2.24, 2.45) is 5.92 Å². The number of nitrogens with one attached hydrogen (secondary N) is 2. The third-order valence-corrected chi connectivity index (χ3v) is 3.98. The highest BCUT2D eigenvalue weighted by Crippen LogP contribution is 2.10. The summed E-state index contributed by atoms with van der Waals surface area (Å²) in [5, 5.41) is 6.19. The maximum atomic E-state index is 11.6. The van der Waals surface area contributed by atoms with E-state index in [1.165, 1.54) is 25.7 Å². The SMILES string of the molecule is CC(C)CCCCCCNC(=O)C1CSCN1.Cl. The van der Waals surface area contributed by atoms with Crippen molar-refractivity contribution in [3.05, 3.63) is 0 Å². The predicted octanol–water partition coefficient (Wildman–Crippen LogP) is 2.79. The first-order valence-corrected chi connectivity index (χ1v) is 7.94. The van der Waals surface area contributed by atoms with Gasteiger partial charge in [0.05, 0.1) is 6.04 Å². The topological polar surface area (TPSA) is 41.1 Å². The highest BCUT2D eigenvalue weighted by atomic mass is 35.5. The molecule has 0 spiro atoms. The Labute approximate surface area is 122 Å². The third-order valence-electron chi connectivity index (χ3n) is 3.04. The van der Waals surface area contributed by atoms with Crippen LogP contribution in [0.2, 0.25) is 0 Å². The number of hydrogen-bond donors (Lipinski definition) is 2. The van der Waals surface area contributed by atoms with Crippen LogP contribution in [0.5, 0.6) is 0 Å². The minimum atomic E-state index is 0. The van der Waals surface area contributed by atoms with Gasteiger partial charge in [-0.05, 0) is 12.3 Å². The number of rotatable bonds is 8. The molecule has 3 nitrogen and oxygen atoms in total. The van der Waals surface area contributed by atoms with Crippen molar-refractivity contribution in [1.82, 2.24) is 10.6 Å². The van der Waals surface area contributed by atoms with Gasteiger partial charge in [0.2, 0.25) is 5.91 Å². The Morgan fingerprint density at radius 3 is 2.67 bits per heavy atom. The summed E-state index contributed by atoms with van der Waals surface area (Å²) in [7, 11) is 0. The lowest BCUT2D eigenvalue weighted by atomic mass is 10.0. The summed E-state index contributed by atoms with van der Waals surface area (Å²) >= 11 is 1.79. The molecule has 1 saturated heterocycles. The molecule has 0 saturated carbocycles. The Bertz CT molecular complexity index is 221. The van der Waals surface area contributed by atoms with E-state index in [4.69, 9.17) is 0 Å². The second-order valence-corrected chi connectivity index (χ2v) is 6.19. The monoisotopic (exact) mass is 294 g/mol. The van der Waals surface area contributed by atoms with Crippen molar-refractivity contribution in [2.45, 2.75) is 52.0 Å². The summed E-state index contributed by atoms with van der Waals surface area (Å²) in [5.74, 6) is 2.82. The molecule has 0 aliphatic carbocycles. The van der Waals surface area contributed by atoms with E-state index in [0.717, 1.165) is 30.5 Å². The van der Waals surface area contributed by atoms with Crippen LogP contribution >= 0.6 is 24.2 Å². The van der Waals surface area contributed by atoms with Gasteiger partial charge in [0.15, 0.2) is 0 Å². The molecule has 1 aliphatic heterocycles. The van der Waals surface area contributed by atoms with Crippen LogP contribution in [0, 0.1) is 5.92 Å². The van der Waals surface area contributed by atoms with Crippen LogP contribution in [0.3, 0.4) is 0 Å². The van der Waals surface area contributed by atoms with Gasteiger partial charge in [-0.1, -0.05) is 39.5 Å². The maximum absolute atomic E-state index is 11.6. The first kappa shape index (κ1) is 18.1. The molecular weight excluding hydrogens is 268 g/mol. The fourth-order valence-corrected chi connectivity index (χ4v) is 2.87. The van der Waals surface area contributed by atoms with Crippen molar-refractivity contribution in [1.29, 1.82) is 0 Å². The van der Waals surface area contributed by atoms with E-state index >= 15 is 0 Å². The second-order valence-electron chi connectivity index (χ2n) is 5.16. The molecule has 1 fully saturated rings. The molecule has 2 N–H and O–H groups in total. The van der Waals surface area contributed by atoms with E-state index in [1.54, 1.807) is 11.8 Å². The lowest BCUT2D eigenvalue weighted by Crippen LogP contribution is -2.42. The molecule has 1 rings (SSSR count). The van der Waals surface area contributed by atoms with E-state index in [-0.39, 0.29) is 24.4 Å². The van der Waals surface area contributed by atoms with E-state index < -0.39 is 0 Å². The van der Waals surface area contributed by atoms with Gasteiger partial charge in [0.25, 0.3) is 0 Å². The summed E-state index contributed by atoms with van der Waals surface area (Å²) in [5.41, 5.74) is 0. The standard InChI is InChI=1S/C13H26N2OS.ClH/c1-11(2)7-5-3-4-6-8-14-13(16)12-9-17-10-15-12;/h11-12,15H,3-10H2,1-2H3,(H,14,16);1H. The van der Waals surface area contributed by atoms with Gasteiger partial charge >= 0.3 is 0 Å². The number of thioether (sulfide) groups is 1. The Balaban J connectivity index is 0.00000289. The number of unbranched alkanes of at least 4 members (excludes halogenated alkanes) is 3. The zero-order chi connectivity index (χ0) is 12.5. The van der Waals surface area contributed by atoms with Gasteiger partial charge in [-0.15, -0.1) is 24.2 Å². The highest BCUT2D eigenvalue weighted by Gasteiger charge is 2.21. The van der Waals surface area contributed by atoms with Crippen LogP contribution in [0.15, 0.2) is 0 Å². The molecule has 0 radical (unpaired) electrons. The van der Waals surface area contributed by atoms with Crippen molar-refractivity contribution in [3.63, 3.8) is 0 Å². The van der Waals surface area contributed by atoms with Crippen LogP contribution in [-0.2, 0) is 4.79 Å². The molecule has 0 aromatic carbocycles. The molecule has 0 bridgehead atoms. The first-order valence-electron chi connectivity index (χ1n) is 6.79. The van der Waals surface area contributed by atoms with E-state index in [2.05, 4.69) is 24.5 Å². The lowest BCUT2D eigenvalue weighted by Gasteiger charge is -2.10. The normalized spacial score (nSPS) is 18.7. The number of carbonyl (C=O) groups is 1. The Morgan fingerprint density at radius 2 is 2.06 bits per heavy atom. The maximum Gasteiger partial charge on any atom is 0.238 e. The minimum absolute atomic E-state index is 0. The number of amides is 1. The minimum Gasteiger partial charge on any atom is -0.355 e. The van der Waals surface area contributed by atoms with Crippen molar-refractivity contribution < 1.29 is 4.79 Å². The molecule has 5 heteroatoms. The summed E-state index contributed by atoms with van der Waals surface area (Å²) in [6, 6.07) is 0.0425. The van der Waals surface area contributed by atoms with Crippen molar-refractivity contribution in [2.75, 3.05) is 18.2 Å². The third kappa shape index (κ3) is 8.22. The molecule has 1 atom stereocenters. The summed E-state index contributed by atoms with van der Waals surface area (Å²) in [6.45, 7) is 5.38. The van der Waals surface area contributed by atoms with E-state index in [9.17, 15) is 4.79 Å². The number of carbonyl (C=O) groups excluding carboxylic acids is 1. The van der Waals surface area contributed by atoms with Gasteiger partial charge in [0.1, 0.15) is 0 Å². The summed E-state index contributed by atoms with van der Waals surface area (Å²) in [6.07, 6.45) is 6.30. The van der Waals surface area contributed by atoms with Gasteiger partial charge in [-0.2, -0.15) is 0 Å². The smallest absolute Gasteiger partial charge is 0.238 e. The van der Waals surface area contributed by atoms with Gasteiger partial charge in [-0.3, -0.25) is 10.1 Å². The Kier molecular flexibility index (Phi) is 11.0. The number of hydrogen-bond acceptors (Lipinski definition) is 3. The fraction of sp³-hybridized carbons (Fsp3) is 0.923. The van der Waals surface area contributed by atoms with Crippen LogP contribution in [0.25, 0.3) is 0 Å². The van der Waals surface area contributed by atoms with Crippen LogP contribution < -0.4 is 10.6 Å². The van der Waals surface area contributed by atoms with Crippen LogP contribution in [0.1, 0.15) is 46.0 Å². The largest absolute Gasteiger partial charge is 0.355 e. The van der Waals surface area contributed by atoms with Gasteiger partial charge < -0.3 is 5.32 Å². The van der Waals surface area contributed by atoms with Crippen molar-refractivity contribution in [3.8, 4) is 0 Å². The molecule has 1 amide bonds. The average Bonchev–Trinajstić information content (AvgIpc) is 2.80. The summed E-state index contributed by atoms with van der Waals surface area (Å²) < 4.78 is 0. The predicted molar refractivity (Wildman–Crippen MR) is 82.4 cm³/mol. The molecule has 0 aromatic rings. The average molecular weight is 295 g/mol. The molecule has 18 heavy (non-hydrogen) atoms. The number of halogens is 1. The zero-order valence-electron chi connectivity index (χ0n) is 11.5. The molecule has 108 valence electrons. The van der Waals surface area contributed by atoms with Gasteiger partial charge in [0, 0.05) is 18.2 Å². The zero-order valence-corrected chi connectivity index (χ0v) is 13.2. The van der Waals surface area contributed by atoms with E-state index in [1.807, 2.05) is 0 Å². The Morgan fingerprint density at radius 1 is 1.33 bits per heavy atom. The van der Waals surface area contributed by atoms with Gasteiger partial charge in [-0.25, -0.2) is 0 Å². The summed E-state index contributed by atoms with van der Waals surface area (Å²) in [4.78, 5) is 11.6. The molecule has 1 aliphatic rings. The van der Waals surface area contributed by atoms with Crippen LogP contribution in [0.4, 0.5) is 0 Å². The lowest BCUT2D eigenvalue weighted by molar-refractivity contribution is -0.122. The van der Waals surface area contributed by atoms with Crippen molar-refractivity contribution >= 4 is 30.1 Å². The Hall–Kier alpha value is 0.0700. The molecule has 0 aromatic heterocycles.